The van der Waals surface area contributed by atoms with Gasteiger partial charge in [0, 0.05) is 49.5 Å². The topological polar surface area (TPSA) is 156 Å². The molecule has 0 fully saturated rings. The third-order valence-corrected chi connectivity index (χ3v) is 6.56. The van der Waals surface area contributed by atoms with Gasteiger partial charge in [-0.25, -0.2) is 4.79 Å². The summed E-state index contributed by atoms with van der Waals surface area (Å²) in [6.45, 7) is 1.23. The van der Waals surface area contributed by atoms with E-state index in [1.807, 2.05) is 17.2 Å². The number of nitrogens with one attached hydrogen (secondary N) is 1. The molecule has 204 valence electrons. The Hall–Kier alpha value is -4.29. The number of carboxylic acids is 1. The normalized spacial score (nSPS) is 11.6. The zero-order valence-electron chi connectivity index (χ0n) is 21.2. The summed E-state index contributed by atoms with van der Waals surface area (Å²) in [5, 5.41) is 34.1. The summed E-state index contributed by atoms with van der Waals surface area (Å²) in [5.74, 6) is -0.981. The molecule has 0 aromatic heterocycles. The molecule has 3 aromatic rings. The molecule has 0 aliphatic rings. The molecule has 3 rings (SSSR count). The molecular weight excluding hydrogens is 524 g/mol. The molecule has 1 amide bonds. The van der Waals surface area contributed by atoms with Gasteiger partial charge >= 0.3 is 5.97 Å². The van der Waals surface area contributed by atoms with E-state index in [9.17, 15) is 34.9 Å². The predicted octanol–water partition coefficient (Wildman–Crippen LogP) is 4.64. The van der Waals surface area contributed by atoms with Gasteiger partial charge in [-0.3, -0.25) is 29.9 Å². The first kappa shape index (κ1) is 29.3. The van der Waals surface area contributed by atoms with Gasteiger partial charge in [-0.05, 0) is 47.3 Å². The van der Waals surface area contributed by atoms with Crippen LogP contribution in [0.1, 0.15) is 33.5 Å². The van der Waals surface area contributed by atoms with E-state index in [0.717, 1.165) is 16.7 Å². The molecular formula is C27H28N4O7S. The summed E-state index contributed by atoms with van der Waals surface area (Å²) >= 11 is 1.50. The molecule has 39 heavy (non-hydrogen) atoms. The predicted molar refractivity (Wildman–Crippen MR) is 147 cm³/mol. The molecule has 0 aliphatic heterocycles. The Bertz CT molecular complexity index is 1260. The highest BCUT2D eigenvalue weighted by molar-refractivity contribution is 7.98. The van der Waals surface area contributed by atoms with Gasteiger partial charge in [-0.15, -0.1) is 0 Å². The van der Waals surface area contributed by atoms with E-state index >= 15 is 0 Å². The number of benzene rings is 3. The van der Waals surface area contributed by atoms with Crippen LogP contribution in [0.4, 0.5) is 11.4 Å². The molecule has 0 heterocycles. The highest BCUT2D eigenvalue weighted by Crippen LogP contribution is 2.19. The quantitative estimate of drug-likeness (QED) is 0.215. The summed E-state index contributed by atoms with van der Waals surface area (Å²) in [5.41, 5.74) is 2.74. The van der Waals surface area contributed by atoms with E-state index in [2.05, 4.69) is 5.32 Å². The van der Waals surface area contributed by atoms with Crippen molar-refractivity contribution in [2.45, 2.75) is 32.1 Å². The fourth-order valence-corrected chi connectivity index (χ4v) is 4.41. The van der Waals surface area contributed by atoms with Crippen molar-refractivity contribution in [3.05, 3.63) is 115 Å². The number of hydrogen-bond donors (Lipinski definition) is 2. The second-order valence-electron chi connectivity index (χ2n) is 8.84. The molecule has 0 bridgehead atoms. The zero-order chi connectivity index (χ0) is 28.4. The van der Waals surface area contributed by atoms with Gasteiger partial charge in [0.15, 0.2) is 0 Å². The highest BCUT2D eigenvalue weighted by Gasteiger charge is 2.20. The van der Waals surface area contributed by atoms with Crippen molar-refractivity contribution in [1.29, 1.82) is 0 Å². The van der Waals surface area contributed by atoms with Crippen molar-refractivity contribution >= 4 is 35.0 Å². The maximum atomic E-state index is 12.8. The molecule has 1 atom stereocenters. The van der Waals surface area contributed by atoms with Gasteiger partial charge < -0.3 is 10.4 Å². The average molecular weight is 553 g/mol. The van der Waals surface area contributed by atoms with Gasteiger partial charge in [-0.2, -0.15) is 11.8 Å². The van der Waals surface area contributed by atoms with Crippen molar-refractivity contribution in [1.82, 2.24) is 10.2 Å². The Balaban J connectivity index is 1.80. The van der Waals surface area contributed by atoms with Crippen LogP contribution in [0.5, 0.6) is 0 Å². The van der Waals surface area contributed by atoms with Gasteiger partial charge in [0.1, 0.15) is 6.04 Å². The minimum absolute atomic E-state index is 0.0171. The van der Waals surface area contributed by atoms with Gasteiger partial charge in [0.05, 0.1) is 9.85 Å². The van der Waals surface area contributed by atoms with E-state index in [-0.39, 0.29) is 11.4 Å². The van der Waals surface area contributed by atoms with E-state index < -0.39 is 27.8 Å². The minimum atomic E-state index is -1.09. The molecule has 12 heteroatoms. The lowest BCUT2D eigenvalue weighted by Crippen LogP contribution is -2.41. The largest absolute Gasteiger partial charge is 0.480 e. The van der Waals surface area contributed by atoms with Crippen molar-refractivity contribution in [2.75, 3.05) is 12.0 Å². The Morgan fingerprint density at radius 1 is 0.872 bits per heavy atom. The first-order chi connectivity index (χ1) is 18.7. The lowest BCUT2D eigenvalue weighted by molar-refractivity contribution is -0.385. The Kier molecular flexibility index (Phi) is 10.5. The highest BCUT2D eigenvalue weighted by atomic mass is 32.2. The molecule has 3 aromatic carbocycles. The van der Waals surface area contributed by atoms with Crippen LogP contribution in [-0.4, -0.2) is 49.8 Å². The lowest BCUT2D eigenvalue weighted by atomic mass is 10.1. The summed E-state index contributed by atoms with van der Waals surface area (Å²) in [4.78, 5) is 47.5. The second-order valence-corrected chi connectivity index (χ2v) is 9.82. The Morgan fingerprint density at radius 2 is 1.38 bits per heavy atom. The number of carboxylic acid groups (broad SMARTS) is 1. The molecule has 0 saturated heterocycles. The van der Waals surface area contributed by atoms with Crippen molar-refractivity contribution < 1.29 is 24.5 Å². The summed E-state index contributed by atoms with van der Waals surface area (Å²) < 4.78 is 0. The number of amides is 1. The number of non-ortho nitro benzene ring substituents is 2. The number of nitro groups is 2. The number of rotatable bonds is 14. The summed E-state index contributed by atoms with van der Waals surface area (Å²) in [7, 11) is 0. The number of hydrogen-bond acceptors (Lipinski definition) is 8. The van der Waals surface area contributed by atoms with E-state index in [0.29, 0.717) is 37.4 Å². The molecule has 11 nitrogen and oxygen atoms in total. The second kappa shape index (κ2) is 14.0. The Labute approximate surface area is 229 Å². The number of carbonyl (C=O) groups is 2. The molecule has 0 spiro atoms. The fraction of sp³-hybridized carbons (Fsp3) is 0.259. The maximum absolute atomic E-state index is 12.8. The molecule has 0 aliphatic carbocycles. The number of nitrogens with zero attached hydrogens (tertiary/aromatic N) is 3. The third-order valence-electron chi connectivity index (χ3n) is 5.92. The van der Waals surface area contributed by atoms with Crippen molar-refractivity contribution in [3.8, 4) is 0 Å². The molecule has 2 N–H and O–H groups in total. The first-order valence-electron chi connectivity index (χ1n) is 12.0. The van der Waals surface area contributed by atoms with Crippen LogP contribution in [-0.2, 0) is 24.4 Å². The molecule has 0 saturated carbocycles. The lowest BCUT2D eigenvalue weighted by Gasteiger charge is -2.23. The van der Waals surface area contributed by atoms with Crippen LogP contribution >= 0.6 is 11.8 Å². The van der Waals surface area contributed by atoms with Crippen molar-refractivity contribution in [3.63, 3.8) is 0 Å². The monoisotopic (exact) mass is 552 g/mol. The zero-order valence-corrected chi connectivity index (χ0v) is 22.0. The van der Waals surface area contributed by atoms with Crippen LogP contribution < -0.4 is 5.32 Å². The molecule has 0 radical (unpaired) electrons. The van der Waals surface area contributed by atoms with Crippen LogP contribution in [0.25, 0.3) is 0 Å². The summed E-state index contributed by atoms with van der Waals surface area (Å²) in [6, 6.07) is 18.3. The molecule has 1 unspecified atom stereocenters. The van der Waals surface area contributed by atoms with Crippen molar-refractivity contribution in [2.24, 2.45) is 0 Å². The number of aliphatic carboxylic acids is 1. The smallest absolute Gasteiger partial charge is 0.326 e. The third kappa shape index (κ3) is 8.90. The van der Waals surface area contributed by atoms with E-state index in [1.165, 1.54) is 36.0 Å². The van der Waals surface area contributed by atoms with Gasteiger partial charge in [0.25, 0.3) is 17.3 Å². The van der Waals surface area contributed by atoms with Gasteiger partial charge in [-0.1, -0.05) is 36.4 Å². The van der Waals surface area contributed by atoms with Crippen LogP contribution in [0.15, 0.2) is 72.8 Å². The standard InChI is InChI=1S/C27H28N4O7S/c1-39-14-13-25(27(33)34)28-26(32)22-4-2-3-21(15-22)18-29(16-19-5-9-23(10-6-19)30(35)36)17-20-7-11-24(12-8-20)31(37)38/h2-12,15,25H,13-14,16-18H2,1H3,(H,28,32)(H,33,34). The van der Waals surface area contributed by atoms with Crippen LogP contribution in [0, 0.1) is 20.2 Å². The van der Waals surface area contributed by atoms with Gasteiger partial charge in [0.2, 0.25) is 0 Å². The number of thioether (sulfide) groups is 1. The minimum Gasteiger partial charge on any atom is -0.480 e. The van der Waals surface area contributed by atoms with E-state index in [4.69, 9.17) is 0 Å². The summed E-state index contributed by atoms with van der Waals surface area (Å²) in [6.07, 6.45) is 2.17. The number of carbonyl (C=O) groups excluding carboxylic acids is 1. The number of nitro benzene ring substituents is 2. The SMILES string of the molecule is CSCCC(NC(=O)c1cccc(CN(Cc2ccc([N+](=O)[O-])cc2)Cc2ccc([N+](=O)[O-])cc2)c1)C(=O)O. The van der Waals surface area contributed by atoms with Crippen LogP contribution in [0.3, 0.4) is 0 Å². The Morgan fingerprint density at radius 3 is 1.85 bits per heavy atom. The van der Waals surface area contributed by atoms with E-state index in [1.54, 1.807) is 42.5 Å². The fourth-order valence-electron chi connectivity index (χ4n) is 3.93. The average Bonchev–Trinajstić information content (AvgIpc) is 2.91. The van der Waals surface area contributed by atoms with Crippen LogP contribution in [0.2, 0.25) is 0 Å². The first-order valence-corrected chi connectivity index (χ1v) is 13.4. The maximum Gasteiger partial charge on any atom is 0.326 e.